The molecule has 24 heavy (non-hydrogen) atoms. The summed E-state index contributed by atoms with van der Waals surface area (Å²) in [5.41, 5.74) is 4.36. The Morgan fingerprint density at radius 2 is 1.92 bits per heavy atom. The van der Waals surface area contributed by atoms with Crippen molar-refractivity contribution in [2.75, 3.05) is 0 Å². The van der Waals surface area contributed by atoms with Crippen LogP contribution in [0.5, 0.6) is 0 Å². The van der Waals surface area contributed by atoms with Crippen molar-refractivity contribution in [3.8, 4) is 0 Å². The highest BCUT2D eigenvalue weighted by atomic mass is 16.5. The molecule has 3 rings (SSSR count). The lowest BCUT2D eigenvalue weighted by Crippen LogP contribution is -2.05. The molecule has 2 aromatic carbocycles. The number of benzene rings is 2. The Balaban J connectivity index is 1.68. The number of nitrogens with zero attached hydrogens (tertiary/aromatic N) is 3. The maximum Gasteiger partial charge on any atom is 0.338 e. The number of ether oxygens (including phenoxy) is 1. The topological polar surface area (TPSA) is 57.0 Å². The molecule has 0 saturated carbocycles. The van der Waals surface area contributed by atoms with Crippen LogP contribution in [0.2, 0.25) is 0 Å². The summed E-state index contributed by atoms with van der Waals surface area (Å²) in [5.74, 6) is 0.140. The van der Waals surface area contributed by atoms with Gasteiger partial charge >= 0.3 is 5.97 Å². The first-order valence-electron chi connectivity index (χ1n) is 8.17. The van der Waals surface area contributed by atoms with Gasteiger partial charge in [0.15, 0.2) is 0 Å². The van der Waals surface area contributed by atoms with E-state index in [9.17, 15) is 4.79 Å². The molecule has 124 valence electrons. The monoisotopic (exact) mass is 323 g/mol. The van der Waals surface area contributed by atoms with Crippen LogP contribution in [0.3, 0.4) is 0 Å². The summed E-state index contributed by atoms with van der Waals surface area (Å²) in [7, 11) is 0. The highest BCUT2D eigenvalue weighted by Gasteiger charge is 2.11. The van der Waals surface area contributed by atoms with Gasteiger partial charge in [-0.2, -0.15) is 0 Å². The zero-order valence-electron chi connectivity index (χ0n) is 14.2. The fourth-order valence-corrected chi connectivity index (χ4v) is 2.56. The van der Waals surface area contributed by atoms with E-state index in [4.69, 9.17) is 4.74 Å². The summed E-state index contributed by atoms with van der Waals surface area (Å²) in [6.07, 6.45) is 0. The van der Waals surface area contributed by atoms with Crippen molar-refractivity contribution >= 4 is 17.0 Å². The maximum absolute atomic E-state index is 12.2. The zero-order chi connectivity index (χ0) is 17.1. The second kappa shape index (κ2) is 6.83. The Bertz CT molecular complexity index is 851. The molecule has 0 aliphatic carbocycles. The normalized spacial score (nSPS) is 11.2. The maximum atomic E-state index is 12.2. The van der Waals surface area contributed by atoms with Crippen LogP contribution in [0.15, 0.2) is 42.5 Å². The zero-order valence-corrected chi connectivity index (χ0v) is 14.2. The molecule has 0 aliphatic heterocycles. The predicted molar refractivity (Wildman–Crippen MR) is 92.9 cm³/mol. The molecule has 0 spiro atoms. The highest BCUT2D eigenvalue weighted by Crippen LogP contribution is 2.17. The van der Waals surface area contributed by atoms with Crippen LogP contribution in [0.4, 0.5) is 0 Å². The molecule has 0 aliphatic rings. The summed E-state index contributed by atoms with van der Waals surface area (Å²) < 4.78 is 7.19. The molecular weight excluding hydrogens is 302 g/mol. The lowest BCUT2D eigenvalue weighted by atomic mass is 10.0. The first-order chi connectivity index (χ1) is 11.6. The van der Waals surface area contributed by atoms with E-state index in [1.165, 1.54) is 5.56 Å². The first kappa shape index (κ1) is 16.2. The summed E-state index contributed by atoms with van der Waals surface area (Å²) in [5, 5.41) is 8.13. The number of aromatic nitrogens is 3. The lowest BCUT2D eigenvalue weighted by molar-refractivity contribution is 0.0473. The molecule has 0 N–H and O–H groups in total. The highest BCUT2D eigenvalue weighted by molar-refractivity contribution is 5.93. The number of aryl methyl sites for hydroxylation is 1. The molecule has 1 aromatic heterocycles. The number of esters is 1. The van der Waals surface area contributed by atoms with Crippen molar-refractivity contribution in [1.82, 2.24) is 15.0 Å². The number of hydrogen-bond acceptors (Lipinski definition) is 4. The van der Waals surface area contributed by atoms with E-state index in [-0.39, 0.29) is 12.6 Å². The van der Waals surface area contributed by atoms with E-state index >= 15 is 0 Å². The van der Waals surface area contributed by atoms with Crippen LogP contribution in [0, 0.1) is 0 Å². The third-order valence-electron chi connectivity index (χ3n) is 4.07. The van der Waals surface area contributed by atoms with Crippen molar-refractivity contribution in [3.05, 3.63) is 59.2 Å². The number of carbonyl (C=O) groups is 1. The van der Waals surface area contributed by atoms with Crippen LogP contribution < -0.4 is 0 Å². The van der Waals surface area contributed by atoms with Crippen molar-refractivity contribution < 1.29 is 9.53 Å². The molecule has 5 nitrogen and oxygen atoms in total. The third kappa shape index (κ3) is 3.30. The SMILES string of the molecule is CCn1nnc2cc(C(=O)OCc3ccc(C(C)C)cc3)ccc21. The summed E-state index contributed by atoms with van der Waals surface area (Å²) >= 11 is 0. The smallest absolute Gasteiger partial charge is 0.338 e. The number of hydrogen-bond donors (Lipinski definition) is 0. The molecule has 0 saturated heterocycles. The van der Waals surface area contributed by atoms with Gasteiger partial charge in [-0.15, -0.1) is 5.10 Å². The van der Waals surface area contributed by atoms with Gasteiger partial charge in [-0.25, -0.2) is 9.48 Å². The number of carbonyl (C=O) groups excluding carboxylic acids is 1. The van der Waals surface area contributed by atoms with Crippen LogP contribution >= 0.6 is 0 Å². The average molecular weight is 323 g/mol. The first-order valence-corrected chi connectivity index (χ1v) is 8.17. The van der Waals surface area contributed by atoms with E-state index in [0.717, 1.165) is 17.6 Å². The molecule has 5 heteroatoms. The third-order valence-corrected chi connectivity index (χ3v) is 4.07. The van der Waals surface area contributed by atoms with Gasteiger partial charge in [0.1, 0.15) is 12.1 Å². The number of fused-ring (bicyclic) bond motifs is 1. The molecule has 0 amide bonds. The van der Waals surface area contributed by atoms with Gasteiger partial charge in [0.05, 0.1) is 11.1 Å². The predicted octanol–water partition coefficient (Wildman–Crippen LogP) is 3.93. The van der Waals surface area contributed by atoms with Gasteiger partial charge < -0.3 is 4.74 Å². The second-order valence-electron chi connectivity index (χ2n) is 6.08. The standard InChI is InChI=1S/C19H21N3O2/c1-4-22-18-10-9-16(11-17(18)20-21-22)19(23)24-12-14-5-7-15(8-6-14)13(2)3/h5-11,13H,4,12H2,1-3H3. The van der Waals surface area contributed by atoms with Crippen molar-refractivity contribution in [3.63, 3.8) is 0 Å². The fraction of sp³-hybridized carbons (Fsp3) is 0.316. The van der Waals surface area contributed by atoms with Gasteiger partial charge in [0.25, 0.3) is 0 Å². The molecule has 0 unspecified atom stereocenters. The molecule has 1 heterocycles. The van der Waals surface area contributed by atoms with Gasteiger partial charge in [0, 0.05) is 6.54 Å². The van der Waals surface area contributed by atoms with Gasteiger partial charge in [-0.05, 0) is 42.2 Å². The second-order valence-corrected chi connectivity index (χ2v) is 6.08. The molecule has 0 radical (unpaired) electrons. The van der Waals surface area contributed by atoms with Crippen molar-refractivity contribution in [2.24, 2.45) is 0 Å². The van der Waals surface area contributed by atoms with E-state index < -0.39 is 0 Å². The van der Waals surface area contributed by atoms with Gasteiger partial charge in [-0.1, -0.05) is 43.3 Å². The van der Waals surface area contributed by atoms with Crippen LogP contribution in [0.25, 0.3) is 11.0 Å². The molecule has 3 aromatic rings. The molecule has 0 atom stereocenters. The Kier molecular flexibility index (Phi) is 4.60. The van der Waals surface area contributed by atoms with Crippen LogP contribution in [-0.2, 0) is 17.9 Å². The molecule has 0 fully saturated rings. The minimum Gasteiger partial charge on any atom is -0.457 e. The molecular formula is C19H21N3O2. The molecule has 0 bridgehead atoms. The van der Waals surface area contributed by atoms with Gasteiger partial charge in [-0.3, -0.25) is 0 Å². The Morgan fingerprint density at radius 1 is 1.17 bits per heavy atom. The Hall–Kier alpha value is -2.69. The minimum atomic E-state index is -0.351. The lowest BCUT2D eigenvalue weighted by Gasteiger charge is -2.08. The van der Waals surface area contributed by atoms with Crippen LogP contribution in [0.1, 0.15) is 48.2 Å². The Labute approximate surface area is 141 Å². The van der Waals surface area contributed by atoms with Crippen LogP contribution in [-0.4, -0.2) is 21.0 Å². The summed E-state index contributed by atoms with van der Waals surface area (Å²) in [4.78, 5) is 12.2. The minimum absolute atomic E-state index is 0.261. The summed E-state index contributed by atoms with van der Waals surface area (Å²) in [6.45, 7) is 7.31. The largest absolute Gasteiger partial charge is 0.457 e. The van der Waals surface area contributed by atoms with E-state index in [1.54, 1.807) is 16.8 Å². The average Bonchev–Trinajstić information content (AvgIpc) is 3.02. The van der Waals surface area contributed by atoms with Crippen molar-refractivity contribution in [2.45, 2.75) is 39.8 Å². The quantitative estimate of drug-likeness (QED) is 0.668. The fourth-order valence-electron chi connectivity index (χ4n) is 2.56. The van der Waals surface area contributed by atoms with E-state index in [2.05, 4.69) is 36.3 Å². The van der Waals surface area contributed by atoms with Gasteiger partial charge in [0.2, 0.25) is 0 Å². The summed E-state index contributed by atoms with van der Waals surface area (Å²) in [6, 6.07) is 13.5. The van der Waals surface area contributed by atoms with E-state index in [1.807, 2.05) is 25.1 Å². The number of rotatable bonds is 5. The van der Waals surface area contributed by atoms with Crippen molar-refractivity contribution in [1.29, 1.82) is 0 Å². The Morgan fingerprint density at radius 3 is 2.58 bits per heavy atom. The van der Waals surface area contributed by atoms with E-state index in [0.29, 0.717) is 17.0 Å².